The maximum Gasteiger partial charge on any atom is 0.332 e. The third-order valence-electron chi connectivity index (χ3n) is 5.05. The first-order valence-electron chi connectivity index (χ1n) is 10.8. The molecule has 0 saturated carbocycles. The van der Waals surface area contributed by atoms with E-state index in [2.05, 4.69) is 14.9 Å². The fourth-order valence-corrected chi connectivity index (χ4v) is 3.80. The molecule has 198 valence electrons. The van der Waals surface area contributed by atoms with Crippen molar-refractivity contribution in [1.82, 2.24) is 14.8 Å². The third-order valence-corrected chi connectivity index (χ3v) is 5.96. The number of hydrogen-bond acceptors (Lipinski definition) is 10. The summed E-state index contributed by atoms with van der Waals surface area (Å²) in [6, 6.07) is 8.99. The van der Waals surface area contributed by atoms with Crippen LogP contribution in [0.25, 0.3) is 5.69 Å². The van der Waals surface area contributed by atoms with Crippen LogP contribution >= 0.6 is 0 Å². The number of halogens is 1. The number of aryl methyl sites for hydroxylation is 2. The minimum atomic E-state index is -4.12. The monoisotopic (exact) mass is 537 g/mol. The van der Waals surface area contributed by atoms with Gasteiger partial charge in [-0.3, -0.25) is 0 Å². The van der Waals surface area contributed by atoms with Gasteiger partial charge in [0.05, 0.1) is 11.5 Å². The van der Waals surface area contributed by atoms with Crippen molar-refractivity contribution in [1.29, 1.82) is 0 Å². The molecule has 0 aliphatic heterocycles. The quantitative estimate of drug-likeness (QED) is 0.154. The minimum Gasteiger partial charge on any atom is -0.456 e. The standard InChI is InChI=1S/C22H24FN5O8S/c1-14-3-4-15(2)16(9-14)10-21-25-20(12-35-22(29)13-34-7-8-36-28(30)31)26-27(21)19-6-5-17(11-18(19)23)37(24,32)33/h3-6,9,11H,7-8,10,12-13H2,1-2H3,(H2,24,32,33). The molecule has 37 heavy (non-hydrogen) atoms. The highest BCUT2D eigenvalue weighted by atomic mass is 32.2. The van der Waals surface area contributed by atoms with Crippen molar-refractivity contribution < 1.29 is 37.0 Å². The number of esters is 1. The second kappa shape index (κ2) is 11.9. The Labute approximate surface area is 211 Å². The van der Waals surface area contributed by atoms with Gasteiger partial charge in [-0.15, -0.1) is 15.2 Å². The maximum absolute atomic E-state index is 14.9. The van der Waals surface area contributed by atoms with Gasteiger partial charge in [0.2, 0.25) is 10.0 Å². The highest BCUT2D eigenvalue weighted by Crippen LogP contribution is 2.22. The summed E-state index contributed by atoms with van der Waals surface area (Å²) in [6.07, 6.45) is 0.254. The second-order valence-electron chi connectivity index (χ2n) is 7.89. The van der Waals surface area contributed by atoms with Crippen molar-refractivity contribution in [3.05, 3.63) is 80.7 Å². The number of sulfonamides is 1. The Morgan fingerprint density at radius 3 is 2.62 bits per heavy atom. The Bertz CT molecular complexity index is 1410. The summed E-state index contributed by atoms with van der Waals surface area (Å²) in [7, 11) is -4.12. The molecule has 0 unspecified atom stereocenters. The predicted octanol–water partition coefficient (Wildman–Crippen LogP) is 1.53. The van der Waals surface area contributed by atoms with Crippen LogP contribution in [0.15, 0.2) is 41.3 Å². The van der Waals surface area contributed by atoms with Gasteiger partial charge in [-0.2, -0.15) is 0 Å². The molecule has 1 aromatic heterocycles. The molecule has 0 atom stereocenters. The van der Waals surface area contributed by atoms with Crippen LogP contribution in [0.5, 0.6) is 0 Å². The second-order valence-corrected chi connectivity index (χ2v) is 9.45. The fourth-order valence-electron chi connectivity index (χ4n) is 3.27. The molecule has 0 amide bonds. The lowest BCUT2D eigenvalue weighted by atomic mass is 10.0. The minimum absolute atomic E-state index is 0.0558. The van der Waals surface area contributed by atoms with Gasteiger partial charge in [0.15, 0.2) is 12.4 Å². The number of nitrogens with two attached hydrogens (primary N) is 1. The zero-order valence-electron chi connectivity index (χ0n) is 19.9. The highest BCUT2D eigenvalue weighted by molar-refractivity contribution is 7.89. The molecule has 3 aromatic rings. The number of hydrogen-bond donors (Lipinski definition) is 1. The first kappa shape index (κ1) is 27.6. The fraction of sp³-hybridized carbons (Fsp3) is 0.318. The summed E-state index contributed by atoms with van der Waals surface area (Å²) in [5, 5.41) is 18.4. The first-order chi connectivity index (χ1) is 17.4. The molecule has 15 heteroatoms. The number of benzene rings is 2. The molecule has 2 aromatic carbocycles. The van der Waals surface area contributed by atoms with E-state index in [0.717, 1.165) is 28.8 Å². The van der Waals surface area contributed by atoms with E-state index < -0.39 is 38.4 Å². The van der Waals surface area contributed by atoms with Crippen LogP contribution in [0.1, 0.15) is 28.3 Å². The zero-order valence-corrected chi connectivity index (χ0v) is 20.7. The van der Waals surface area contributed by atoms with Crippen LogP contribution in [0.3, 0.4) is 0 Å². The van der Waals surface area contributed by atoms with Crippen LogP contribution in [0, 0.1) is 29.8 Å². The molecule has 0 fully saturated rings. The number of ether oxygens (including phenoxy) is 2. The lowest BCUT2D eigenvalue weighted by Gasteiger charge is -2.10. The summed E-state index contributed by atoms with van der Waals surface area (Å²) in [5.74, 6) is -1.31. The Morgan fingerprint density at radius 1 is 1.19 bits per heavy atom. The van der Waals surface area contributed by atoms with Crippen molar-refractivity contribution in [3.63, 3.8) is 0 Å². The number of carbonyl (C=O) groups is 1. The van der Waals surface area contributed by atoms with Gasteiger partial charge in [0.1, 0.15) is 30.5 Å². The Balaban J connectivity index is 1.82. The van der Waals surface area contributed by atoms with Crippen molar-refractivity contribution in [2.75, 3.05) is 19.8 Å². The van der Waals surface area contributed by atoms with Gasteiger partial charge < -0.3 is 14.3 Å². The average Bonchev–Trinajstić information content (AvgIpc) is 3.21. The molecule has 0 saturated heterocycles. The van der Waals surface area contributed by atoms with Crippen LogP contribution in [0.4, 0.5) is 4.39 Å². The Morgan fingerprint density at radius 2 is 1.95 bits per heavy atom. The van der Waals surface area contributed by atoms with E-state index in [1.54, 1.807) is 0 Å². The van der Waals surface area contributed by atoms with Gasteiger partial charge in [0.25, 0.3) is 5.09 Å². The molecule has 0 bridgehead atoms. The number of rotatable bonds is 12. The lowest BCUT2D eigenvalue weighted by molar-refractivity contribution is -0.758. The number of aromatic nitrogens is 3. The molecule has 3 rings (SSSR count). The van der Waals surface area contributed by atoms with E-state index in [-0.39, 0.29) is 37.8 Å². The molecule has 0 spiro atoms. The highest BCUT2D eigenvalue weighted by Gasteiger charge is 2.19. The summed E-state index contributed by atoms with van der Waals surface area (Å²) < 4.78 is 49.3. The third kappa shape index (κ3) is 7.77. The summed E-state index contributed by atoms with van der Waals surface area (Å²) in [5.41, 5.74) is 2.81. The van der Waals surface area contributed by atoms with Gasteiger partial charge in [-0.25, -0.2) is 32.4 Å². The van der Waals surface area contributed by atoms with Crippen LogP contribution < -0.4 is 5.14 Å². The van der Waals surface area contributed by atoms with Crippen molar-refractivity contribution in [3.8, 4) is 5.69 Å². The van der Waals surface area contributed by atoms with Gasteiger partial charge in [-0.05, 0) is 43.2 Å². The molecular formula is C22H24FN5O8S. The molecular weight excluding hydrogens is 513 g/mol. The van der Waals surface area contributed by atoms with E-state index in [0.29, 0.717) is 5.82 Å². The number of primary sulfonamides is 1. The summed E-state index contributed by atoms with van der Waals surface area (Å²) in [6.45, 7) is 2.45. The van der Waals surface area contributed by atoms with E-state index in [1.807, 2.05) is 32.0 Å². The Kier molecular flexibility index (Phi) is 8.86. The lowest BCUT2D eigenvalue weighted by Crippen LogP contribution is -2.16. The first-order valence-corrected chi connectivity index (χ1v) is 12.3. The van der Waals surface area contributed by atoms with Crippen molar-refractivity contribution >= 4 is 16.0 Å². The summed E-state index contributed by atoms with van der Waals surface area (Å²) in [4.78, 5) is 30.1. The van der Waals surface area contributed by atoms with Crippen LogP contribution in [-0.4, -0.2) is 54.1 Å². The Hall–Kier alpha value is -3.95. The number of nitrogens with zero attached hydrogens (tertiary/aromatic N) is 4. The van der Waals surface area contributed by atoms with Crippen LogP contribution in [-0.2, 0) is 42.2 Å². The SMILES string of the molecule is Cc1ccc(C)c(Cc2nc(COC(=O)COCCO[N+](=O)[O-])nn2-c2ccc(S(N)(=O)=O)cc2F)c1. The molecule has 13 nitrogen and oxygen atoms in total. The topological polar surface area (TPSA) is 179 Å². The van der Waals surface area contributed by atoms with E-state index in [9.17, 15) is 27.7 Å². The predicted molar refractivity (Wildman–Crippen MR) is 125 cm³/mol. The van der Waals surface area contributed by atoms with Crippen molar-refractivity contribution in [2.45, 2.75) is 31.8 Å². The van der Waals surface area contributed by atoms with Gasteiger partial charge in [-0.1, -0.05) is 23.8 Å². The van der Waals surface area contributed by atoms with Crippen LogP contribution in [0.2, 0.25) is 0 Å². The molecule has 0 aliphatic carbocycles. The molecule has 0 aliphatic rings. The number of carbonyl (C=O) groups excluding carboxylic acids is 1. The molecule has 0 radical (unpaired) electrons. The van der Waals surface area contributed by atoms with E-state index >= 15 is 0 Å². The molecule has 2 N–H and O–H groups in total. The maximum atomic E-state index is 14.9. The van der Waals surface area contributed by atoms with Gasteiger partial charge in [0, 0.05) is 6.42 Å². The van der Waals surface area contributed by atoms with Crippen molar-refractivity contribution in [2.24, 2.45) is 5.14 Å². The smallest absolute Gasteiger partial charge is 0.332 e. The zero-order chi connectivity index (χ0) is 27.2. The molecule has 1 heterocycles. The van der Waals surface area contributed by atoms with E-state index in [1.165, 1.54) is 10.7 Å². The summed E-state index contributed by atoms with van der Waals surface area (Å²) >= 11 is 0. The van der Waals surface area contributed by atoms with E-state index in [4.69, 9.17) is 14.6 Å². The average molecular weight is 538 g/mol. The normalized spacial score (nSPS) is 11.4. The van der Waals surface area contributed by atoms with Gasteiger partial charge >= 0.3 is 5.97 Å². The largest absolute Gasteiger partial charge is 0.456 e.